The lowest BCUT2D eigenvalue weighted by Crippen LogP contribution is -2.34. The summed E-state index contributed by atoms with van der Waals surface area (Å²) in [5, 5.41) is 0. The van der Waals surface area contributed by atoms with E-state index in [1.165, 1.54) is 17.0 Å². The molecule has 6 heteroatoms. The number of nitrogens with two attached hydrogens (primary N) is 1. The normalized spacial score (nSPS) is 20.6. The Balaban J connectivity index is 2.42. The van der Waals surface area contributed by atoms with Crippen LogP contribution in [0.4, 0.5) is 14.5 Å². The number of carbonyl (C=O) groups excluding carboxylic acids is 1. The molecule has 1 atom stereocenters. The molecule has 1 amide bonds. The van der Waals surface area contributed by atoms with Gasteiger partial charge in [-0.1, -0.05) is 0 Å². The molecule has 1 saturated heterocycles. The summed E-state index contributed by atoms with van der Waals surface area (Å²) in [5.74, 6) is -2.40. The maximum absolute atomic E-state index is 13.6. The van der Waals surface area contributed by atoms with Crippen molar-refractivity contribution < 1.29 is 13.6 Å². The number of amides is 1. The quantitative estimate of drug-likeness (QED) is 0.802. The molecule has 0 bridgehead atoms. The molecule has 86 valence electrons. The number of halogens is 3. The third-order valence-corrected chi connectivity index (χ3v) is 3.16. The minimum Gasteiger partial charge on any atom is -0.320 e. The Hall–Kier alpha value is -1.01. The van der Waals surface area contributed by atoms with E-state index in [1.807, 2.05) is 0 Å². The van der Waals surface area contributed by atoms with Crippen LogP contribution in [-0.2, 0) is 4.79 Å². The molecular weight excluding hydrogens is 282 g/mol. The van der Waals surface area contributed by atoms with Gasteiger partial charge in [0.05, 0.1) is 16.2 Å². The topological polar surface area (TPSA) is 46.3 Å². The number of carbonyl (C=O) groups is 1. The number of nitrogens with zero attached hydrogens (tertiary/aromatic N) is 1. The lowest BCUT2D eigenvalue weighted by atomic mass is 10.2. The van der Waals surface area contributed by atoms with Crippen LogP contribution in [0.15, 0.2) is 16.6 Å². The number of rotatable bonds is 1. The molecule has 1 aliphatic heterocycles. The summed E-state index contributed by atoms with van der Waals surface area (Å²) in [5.41, 5.74) is 5.45. The molecule has 1 aliphatic rings. The van der Waals surface area contributed by atoms with Gasteiger partial charge >= 0.3 is 0 Å². The van der Waals surface area contributed by atoms with Crippen LogP contribution >= 0.6 is 15.9 Å². The van der Waals surface area contributed by atoms with Crippen molar-refractivity contribution in [2.24, 2.45) is 5.73 Å². The summed E-state index contributed by atoms with van der Waals surface area (Å²) in [6, 6.07) is 2.11. The highest BCUT2D eigenvalue weighted by Crippen LogP contribution is 2.29. The van der Waals surface area contributed by atoms with Gasteiger partial charge in [-0.3, -0.25) is 4.79 Å². The minimum atomic E-state index is -1.03. The van der Waals surface area contributed by atoms with E-state index >= 15 is 0 Å². The van der Waals surface area contributed by atoms with E-state index in [0.717, 1.165) is 0 Å². The van der Waals surface area contributed by atoms with Gasteiger partial charge in [0, 0.05) is 6.54 Å². The van der Waals surface area contributed by atoms with Crippen molar-refractivity contribution in [1.82, 2.24) is 0 Å². The lowest BCUT2D eigenvalue weighted by molar-refractivity contribution is -0.118. The molecule has 0 aromatic heterocycles. The number of hydrogen-bond acceptors (Lipinski definition) is 2. The van der Waals surface area contributed by atoms with Gasteiger partial charge in [-0.15, -0.1) is 0 Å². The molecule has 0 saturated carbocycles. The molecule has 0 aliphatic carbocycles. The Bertz CT molecular complexity index is 453. The van der Waals surface area contributed by atoms with Crippen molar-refractivity contribution >= 4 is 27.5 Å². The smallest absolute Gasteiger partial charge is 0.244 e. The molecule has 1 aromatic rings. The molecule has 16 heavy (non-hydrogen) atoms. The standard InChI is InChI=1S/C10H9BrF2N2O/c11-5-1-2-7(9(13)8(5)12)15-4-3-6(14)10(15)16/h1-2,6H,3-4,14H2. The Labute approximate surface area is 99.3 Å². The molecule has 2 N–H and O–H groups in total. The van der Waals surface area contributed by atoms with Crippen molar-refractivity contribution in [2.75, 3.05) is 11.4 Å². The molecule has 1 unspecified atom stereocenters. The van der Waals surface area contributed by atoms with E-state index in [4.69, 9.17) is 5.73 Å². The van der Waals surface area contributed by atoms with Crippen LogP contribution in [0.25, 0.3) is 0 Å². The van der Waals surface area contributed by atoms with Gasteiger partial charge in [0.25, 0.3) is 0 Å². The first-order chi connectivity index (χ1) is 7.52. The molecule has 0 spiro atoms. The van der Waals surface area contributed by atoms with E-state index in [-0.39, 0.29) is 16.1 Å². The van der Waals surface area contributed by atoms with E-state index < -0.39 is 17.7 Å². The molecule has 1 aromatic carbocycles. The fourth-order valence-corrected chi connectivity index (χ4v) is 1.97. The van der Waals surface area contributed by atoms with Gasteiger partial charge in [0.15, 0.2) is 11.6 Å². The second-order valence-electron chi connectivity index (χ2n) is 3.58. The van der Waals surface area contributed by atoms with Crippen LogP contribution in [0.3, 0.4) is 0 Å². The number of hydrogen-bond donors (Lipinski definition) is 1. The number of anilines is 1. The van der Waals surface area contributed by atoms with E-state index in [9.17, 15) is 13.6 Å². The zero-order valence-corrected chi connectivity index (χ0v) is 9.80. The average Bonchev–Trinajstić information content (AvgIpc) is 2.58. The third-order valence-electron chi connectivity index (χ3n) is 2.55. The molecule has 3 nitrogen and oxygen atoms in total. The predicted octanol–water partition coefficient (Wildman–Crippen LogP) is 1.79. The van der Waals surface area contributed by atoms with Gasteiger partial charge in [0.2, 0.25) is 5.91 Å². The predicted molar refractivity (Wildman–Crippen MR) is 59.0 cm³/mol. The minimum absolute atomic E-state index is 0.0321. The largest absolute Gasteiger partial charge is 0.320 e. The summed E-state index contributed by atoms with van der Waals surface area (Å²) in [6.07, 6.45) is 0.454. The Kier molecular flexibility index (Phi) is 2.94. The van der Waals surface area contributed by atoms with Crippen LogP contribution in [0.2, 0.25) is 0 Å². The van der Waals surface area contributed by atoms with Crippen LogP contribution in [0.1, 0.15) is 6.42 Å². The highest BCUT2D eigenvalue weighted by molar-refractivity contribution is 9.10. The Morgan fingerprint density at radius 1 is 1.38 bits per heavy atom. The fourth-order valence-electron chi connectivity index (χ4n) is 1.67. The van der Waals surface area contributed by atoms with Crippen molar-refractivity contribution in [1.29, 1.82) is 0 Å². The summed E-state index contributed by atoms with van der Waals surface area (Å²) in [7, 11) is 0. The van der Waals surface area contributed by atoms with Gasteiger partial charge in [0.1, 0.15) is 0 Å². The highest BCUT2D eigenvalue weighted by atomic mass is 79.9. The average molecular weight is 291 g/mol. The molecular formula is C10H9BrF2N2O. The first-order valence-corrected chi connectivity index (χ1v) is 5.52. The number of benzene rings is 1. The second kappa shape index (κ2) is 4.10. The first kappa shape index (κ1) is 11.5. The third kappa shape index (κ3) is 1.72. The van der Waals surface area contributed by atoms with Crippen LogP contribution in [0.5, 0.6) is 0 Å². The SMILES string of the molecule is NC1CCN(c2ccc(Br)c(F)c2F)C1=O. The van der Waals surface area contributed by atoms with E-state index in [0.29, 0.717) is 13.0 Å². The zero-order chi connectivity index (χ0) is 11.9. The first-order valence-electron chi connectivity index (χ1n) is 4.73. The van der Waals surface area contributed by atoms with E-state index in [1.54, 1.807) is 0 Å². The second-order valence-corrected chi connectivity index (χ2v) is 4.43. The highest BCUT2D eigenvalue weighted by Gasteiger charge is 2.32. The Morgan fingerprint density at radius 2 is 2.06 bits per heavy atom. The molecule has 0 radical (unpaired) electrons. The van der Waals surface area contributed by atoms with Gasteiger partial charge in [-0.2, -0.15) is 0 Å². The summed E-state index contributed by atoms with van der Waals surface area (Å²) in [4.78, 5) is 12.7. The van der Waals surface area contributed by atoms with Crippen LogP contribution in [-0.4, -0.2) is 18.5 Å². The summed E-state index contributed by atoms with van der Waals surface area (Å²) >= 11 is 2.87. The van der Waals surface area contributed by atoms with E-state index in [2.05, 4.69) is 15.9 Å². The van der Waals surface area contributed by atoms with Gasteiger partial charge in [-0.05, 0) is 34.5 Å². The van der Waals surface area contributed by atoms with Crippen molar-refractivity contribution in [2.45, 2.75) is 12.5 Å². The zero-order valence-electron chi connectivity index (χ0n) is 8.21. The van der Waals surface area contributed by atoms with Crippen LogP contribution < -0.4 is 10.6 Å². The van der Waals surface area contributed by atoms with Crippen molar-refractivity contribution in [3.63, 3.8) is 0 Å². The van der Waals surface area contributed by atoms with Crippen molar-refractivity contribution in [3.8, 4) is 0 Å². The maximum atomic E-state index is 13.6. The molecule has 1 fully saturated rings. The van der Waals surface area contributed by atoms with Crippen LogP contribution in [0, 0.1) is 11.6 Å². The molecule has 2 rings (SSSR count). The monoisotopic (exact) mass is 290 g/mol. The fraction of sp³-hybridized carbons (Fsp3) is 0.300. The lowest BCUT2D eigenvalue weighted by Gasteiger charge is -2.17. The maximum Gasteiger partial charge on any atom is 0.244 e. The Morgan fingerprint density at radius 3 is 2.62 bits per heavy atom. The summed E-state index contributed by atoms with van der Waals surface area (Å²) in [6.45, 7) is 0.317. The van der Waals surface area contributed by atoms with Crippen molar-refractivity contribution in [3.05, 3.63) is 28.2 Å². The summed E-state index contributed by atoms with van der Waals surface area (Å²) < 4.78 is 26.9. The van der Waals surface area contributed by atoms with Gasteiger partial charge in [-0.25, -0.2) is 8.78 Å². The molecule has 1 heterocycles. The van der Waals surface area contributed by atoms with Gasteiger partial charge < -0.3 is 10.6 Å².